The van der Waals surface area contributed by atoms with Crippen LogP contribution in [0.15, 0.2) is 0 Å². The minimum absolute atomic E-state index is 0.306. The van der Waals surface area contributed by atoms with E-state index in [0.717, 1.165) is 0 Å². The molecule has 0 radical (unpaired) electrons. The van der Waals surface area contributed by atoms with E-state index in [9.17, 15) is 4.79 Å². The van der Waals surface area contributed by atoms with Crippen LogP contribution in [0.2, 0.25) is 0 Å². The Bertz CT molecular complexity index is 234. The molecule has 1 aliphatic heterocycles. The Balaban J connectivity index is 1.95. The second-order valence-electron chi connectivity index (χ2n) is 5.24. The fourth-order valence-corrected chi connectivity index (χ4v) is 2.62. The molecule has 1 saturated carbocycles. The minimum atomic E-state index is 0.306. The molecule has 1 amide bonds. The molecule has 15 heavy (non-hydrogen) atoms. The Morgan fingerprint density at radius 1 is 1.27 bits per heavy atom. The molecule has 1 heterocycles. The SMILES string of the molecule is CC(C)C1CC(=O)N(C2CCCCC2)N1. The summed E-state index contributed by atoms with van der Waals surface area (Å²) in [6, 6.07) is 0.828. The maximum absolute atomic E-state index is 11.9. The third-order valence-electron chi connectivity index (χ3n) is 3.71. The molecule has 1 aliphatic carbocycles. The topological polar surface area (TPSA) is 32.3 Å². The summed E-state index contributed by atoms with van der Waals surface area (Å²) in [6.07, 6.45) is 6.96. The van der Waals surface area contributed by atoms with Gasteiger partial charge in [0.05, 0.1) is 0 Å². The van der Waals surface area contributed by atoms with E-state index in [1.807, 2.05) is 5.01 Å². The molecule has 1 unspecified atom stereocenters. The first kappa shape index (κ1) is 10.9. The van der Waals surface area contributed by atoms with Gasteiger partial charge in [-0.15, -0.1) is 0 Å². The summed E-state index contributed by atoms with van der Waals surface area (Å²) in [4.78, 5) is 11.9. The number of rotatable bonds is 2. The number of nitrogens with one attached hydrogen (secondary N) is 1. The van der Waals surface area contributed by atoms with Crippen molar-refractivity contribution in [2.45, 2.75) is 64.5 Å². The van der Waals surface area contributed by atoms with Crippen molar-refractivity contribution in [1.82, 2.24) is 10.4 Å². The molecule has 2 aliphatic rings. The van der Waals surface area contributed by atoms with Crippen molar-refractivity contribution in [3.8, 4) is 0 Å². The summed E-state index contributed by atoms with van der Waals surface area (Å²) in [5.41, 5.74) is 3.39. The fraction of sp³-hybridized carbons (Fsp3) is 0.917. The lowest BCUT2D eigenvalue weighted by atomic mass is 9.95. The monoisotopic (exact) mass is 210 g/mol. The van der Waals surface area contributed by atoms with Crippen LogP contribution >= 0.6 is 0 Å². The normalized spacial score (nSPS) is 29.1. The van der Waals surface area contributed by atoms with Gasteiger partial charge in [-0.1, -0.05) is 33.1 Å². The number of carbonyl (C=O) groups excluding carboxylic acids is 1. The van der Waals surface area contributed by atoms with E-state index in [1.54, 1.807) is 0 Å². The first-order valence-corrected chi connectivity index (χ1v) is 6.26. The predicted octanol–water partition coefficient (Wildman–Crippen LogP) is 2.08. The van der Waals surface area contributed by atoms with Gasteiger partial charge in [0.1, 0.15) is 0 Å². The lowest BCUT2D eigenvalue weighted by Crippen LogP contribution is -2.46. The standard InChI is InChI=1S/C12H22N2O/c1-9(2)11-8-12(15)14(13-11)10-6-4-3-5-7-10/h9-11,13H,3-8H2,1-2H3. The average Bonchev–Trinajstić information content (AvgIpc) is 2.62. The van der Waals surface area contributed by atoms with Gasteiger partial charge in [0, 0.05) is 18.5 Å². The minimum Gasteiger partial charge on any atom is -0.275 e. The molecule has 1 atom stereocenters. The number of nitrogens with zero attached hydrogens (tertiary/aromatic N) is 1. The summed E-state index contributed by atoms with van der Waals surface area (Å²) < 4.78 is 0. The second kappa shape index (κ2) is 4.52. The van der Waals surface area contributed by atoms with Crippen LogP contribution in [-0.4, -0.2) is 23.0 Å². The quantitative estimate of drug-likeness (QED) is 0.757. The maximum Gasteiger partial charge on any atom is 0.238 e. The van der Waals surface area contributed by atoms with Gasteiger partial charge >= 0.3 is 0 Å². The number of hydrogen-bond acceptors (Lipinski definition) is 2. The molecule has 0 spiro atoms. The molecular weight excluding hydrogens is 188 g/mol. The van der Waals surface area contributed by atoms with Gasteiger partial charge < -0.3 is 0 Å². The lowest BCUT2D eigenvalue weighted by Gasteiger charge is -2.31. The van der Waals surface area contributed by atoms with E-state index in [2.05, 4.69) is 19.3 Å². The Labute approximate surface area is 92.2 Å². The van der Waals surface area contributed by atoms with Crippen LogP contribution in [0.3, 0.4) is 0 Å². The maximum atomic E-state index is 11.9. The van der Waals surface area contributed by atoms with Gasteiger partial charge in [0.2, 0.25) is 5.91 Å². The van der Waals surface area contributed by atoms with Crippen LogP contribution in [0.1, 0.15) is 52.4 Å². The molecule has 0 aromatic rings. The van der Waals surface area contributed by atoms with Crippen molar-refractivity contribution in [3.05, 3.63) is 0 Å². The van der Waals surface area contributed by atoms with Crippen LogP contribution in [0, 0.1) is 5.92 Å². The molecule has 2 fully saturated rings. The molecule has 0 bridgehead atoms. The predicted molar refractivity (Wildman–Crippen MR) is 60.1 cm³/mol. The molecule has 3 nitrogen and oxygen atoms in total. The number of amides is 1. The van der Waals surface area contributed by atoms with Crippen LogP contribution < -0.4 is 5.43 Å². The van der Waals surface area contributed by atoms with Crippen LogP contribution in [0.5, 0.6) is 0 Å². The number of carbonyl (C=O) groups is 1. The van der Waals surface area contributed by atoms with Gasteiger partial charge in [-0.05, 0) is 18.8 Å². The van der Waals surface area contributed by atoms with Crippen LogP contribution in [0.4, 0.5) is 0 Å². The van der Waals surface area contributed by atoms with E-state index < -0.39 is 0 Å². The number of hydrazine groups is 1. The van der Waals surface area contributed by atoms with Crippen molar-refractivity contribution < 1.29 is 4.79 Å². The molecule has 0 aromatic heterocycles. The lowest BCUT2D eigenvalue weighted by molar-refractivity contribution is -0.132. The highest BCUT2D eigenvalue weighted by molar-refractivity contribution is 5.78. The van der Waals surface area contributed by atoms with Crippen molar-refractivity contribution >= 4 is 5.91 Å². The first-order valence-electron chi connectivity index (χ1n) is 6.26. The van der Waals surface area contributed by atoms with Crippen LogP contribution in [0.25, 0.3) is 0 Å². The summed E-state index contributed by atoms with van der Waals surface area (Å²) in [6.45, 7) is 4.35. The molecule has 1 saturated heterocycles. The third kappa shape index (κ3) is 2.33. The molecule has 0 aromatic carbocycles. The molecule has 2 rings (SSSR count). The van der Waals surface area contributed by atoms with Crippen molar-refractivity contribution in [2.75, 3.05) is 0 Å². The molecule has 86 valence electrons. The van der Waals surface area contributed by atoms with E-state index in [-0.39, 0.29) is 0 Å². The highest BCUT2D eigenvalue weighted by Crippen LogP contribution is 2.26. The Kier molecular flexibility index (Phi) is 3.29. The van der Waals surface area contributed by atoms with Gasteiger partial charge in [-0.2, -0.15) is 0 Å². The largest absolute Gasteiger partial charge is 0.275 e. The summed E-state index contributed by atoms with van der Waals surface area (Å²) in [7, 11) is 0. The average molecular weight is 210 g/mol. The zero-order valence-corrected chi connectivity index (χ0v) is 9.83. The van der Waals surface area contributed by atoms with Crippen molar-refractivity contribution in [3.63, 3.8) is 0 Å². The Morgan fingerprint density at radius 2 is 1.93 bits per heavy atom. The highest BCUT2D eigenvalue weighted by Gasteiger charge is 2.35. The third-order valence-corrected chi connectivity index (χ3v) is 3.71. The van der Waals surface area contributed by atoms with E-state index >= 15 is 0 Å². The summed E-state index contributed by atoms with van der Waals surface area (Å²) >= 11 is 0. The van der Waals surface area contributed by atoms with Crippen molar-refractivity contribution in [1.29, 1.82) is 0 Å². The van der Waals surface area contributed by atoms with Gasteiger partial charge in [-0.25, -0.2) is 5.43 Å². The summed E-state index contributed by atoms with van der Waals surface area (Å²) in [5, 5.41) is 1.93. The zero-order valence-electron chi connectivity index (χ0n) is 9.83. The van der Waals surface area contributed by atoms with Crippen LogP contribution in [-0.2, 0) is 4.79 Å². The van der Waals surface area contributed by atoms with E-state index in [1.165, 1.54) is 32.1 Å². The Morgan fingerprint density at radius 3 is 2.47 bits per heavy atom. The summed E-state index contributed by atoms with van der Waals surface area (Å²) in [5.74, 6) is 0.850. The van der Waals surface area contributed by atoms with Crippen molar-refractivity contribution in [2.24, 2.45) is 5.92 Å². The molecule has 3 heteroatoms. The smallest absolute Gasteiger partial charge is 0.238 e. The molecular formula is C12H22N2O. The number of hydrogen-bond donors (Lipinski definition) is 1. The second-order valence-corrected chi connectivity index (χ2v) is 5.24. The van der Waals surface area contributed by atoms with Gasteiger partial charge in [-0.3, -0.25) is 9.80 Å². The highest BCUT2D eigenvalue weighted by atomic mass is 16.2. The fourth-order valence-electron chi connectivity index (χ4n) is 2.62. The Hall–Kier alpha value is -0.570. The van der Waals surface area contributed by atoms with Gasteiger partial charge in [0.25, 0.3) is 0 Å². The zero-order chi connectivity index (χ0) is 10.8. The first-order chi connectivity index (χ1) is 7.18. The van der Waals surface area contributed by atoms with E-state index in [0.29, 0.717) is 30.3 Å². The molecule has 1 N–H and O–H groups in total. The van der Waals surface area contributed by atoms with Gasteiger partial charge in [0.15, 0.2) is 0 Å². The van der Waals surface area contributed by atoms with E-state index in [4.69, 9.17) is 0 Å².